The lowest BCUT2D eigenvalue weighted by atomic mass is 9.93. The van der Waals surface area contributed by atoms with Crippen LogP contribution < -0.4 is 0 Å². The molecule has 7 unspecified atom stereocenters. The number of methoxy groups -OCH3 is 2. The molecule has 2 heterocycles. The standard InChI is InChI=1S/C22H34O5/c1-9-17(23-7)19-13(3)11-15(5)21(25-19)27-22-16(6)12-14(4)20(26-22)18(10-2)24-8/h9-14,17-22H,1-2H2,3-8H3/t13-,14?,17?,18?,19?,20?,21?,22?/m1/s1. The molecule has 0 aliphatic carbocycles. The Balaban J connectivity index is 2.16. The van der Waals surface area contributed by atoms with E-state index in [1.807, 2.05) is 13.8 Å². The first-order valence-electron chi connectivity index (χ1n) is 9.49. The summed E-state index contributed by atoms with van der Waals surface area (Å²) in [5.41, 5.74) is 2.05. The Bertz CT molecular complexity index is 531. The van der Waals surface area contributed by atoms with Crippen molar-refractivity contribution in [2.24, 2.45) is 11.8 Å². The van der Waals surface area contributed by atoms with E-state index in [-0.39, 0.29) is 36.3 Å². The molecule has 2 aliphatic rings. The molecule has 0 aromatic heterocycles. The molecular weight excluding hydrogens is 344 g/mol. The van der Waals surface area contributed by atoms with Gasteiger partial charge in [-0.3, -0.25) is 0 Å². The van der Waals surface area contributed by atoms with E-state index in [4.69, 9.17) is 23.7 Å². The first-order chi connectivity index (χ1) is 12.9. The average molecular weight is 379 g/mol. The van der Waals surface area contributed by atoms with Crippen molar-refractivity contribution in [3.8, 4) is 0 Å². The van der Waals surface area contributed by atoms with Crippen molar-refractivity contribution in [3.63, 3.8) is 0 Å². The maximum atomic E-state index is 6.24. The minimum atomic E-state index is -0.504. The molecule has 152 valence electrons. The summed E-state index contributed by atoms with van der Waals surface area (Å²) in [4.78, 5) is 0. The summed E-state index contributed by atoms with van der Waals surface area (Å²) in [5, 5.41) is 0. The Morgan fingerprint density at radius 3 is 1.52 bits per heavy atom. The SMILES string of the molecule is C=CC(OC)C1OC(OC2OC(C(C=C)OC)[C@H](C)C=C2C)C(C)=CC1C. The summed E-state index contributed by atoms with van der Waals surface area (Å²) < 4.78 is 29.7. The summed E-state index contributed by atoms with van der Waals surface area (Å²) >= 11 is 0. The van der Waals surface area contributed by atoms with Crippen LogP contribution in [-0.4, -0.2) is 51.2 Å². The van der Waals surface area contributed by atoms with Crippen LogP contribution in [0.5, 0.6) is 0 Å². The number of rotatable bonds is 8. The molecule has 0 aromatic carbocycles. The highest BCUT2D eigenvalue weighted by Gasteiger charge is 2.38. The Morgan fingerprint density at radius 2 is 1.22 bits per heavy atom. The molecular formula is C22H34O5. The van der Waals surface area contributed by atoms with Gasteiger partial charge in [-0.05, 0) is 25.0 Å². The van der Waals surface area contributed by atoms with E-state index in [2.05, 4.69) is 39.2 Å². The van der Waals surface area contributed by atoms with Crippen LogP contribution >= 0.6 is 0 Å². The second-order valence-electron chi connectivity index (χ2n) is 7.41. The highest BCUT2D eigenvalue weighted by atomic mass is 16.8. The predicted octanol–water partition coefficient (Wildman–Crippen LogP) is 4.02. The summed E-state index contributed by atoms with van der Waals surface area (Å²) in [5.74, 6) is 0.395. The monoisotopic (exact) mass is 378 g/mol. The maximum Gasteiger partial charge on any atom is 0.183 e. The Labute approximate surface area is 163 Å². The van der Waals surface area contributed by atoms with Gasteiger partial charge in [-0.2, -0.15) is 0 Å². The van der Waals surface area contributed by atoms with E-state index in [0.29, 0.717) is 0 Å². The zero-order valence-electron chi connectivity index (χ0n) is 17.4. The van der Waals surface area contributed by atoms with Crippen LogP contribution in [0.3, 0.4) is 0 Å². The average Bonchev–Trinajstić information content (AvgIpc) is 2.63. The van der Waals surface area contributed by atoms with Gasteiger partial charge in [-0.25, -0.2) is 0 Å². The van der Waals surface area contributed by atoms with Gasteiger partial charge in [0.15, 0.2) is 12.6 Å². The Morgan fingerprint density at radius 1 is 0.852 bits per heavy atom. The van der Waals surface area contributed by atoms with Crippen LogP contribution in [0.4, 0.5) is 0 Å². The second-order valence-corrected chi connectivity index (χ2v) is 7.41. The molecule has 0 saturated carbocycles. The van der Waals surface area contributed by atoms with Gasteiger partial charge in [0.2, 0.25) is 0 Å². The molecule has 0 saturated heterocycles. The van der Waals surface area contributed by atoms with Crippen molar-refractivity contribution in [3.05, 3.63) is 48.6 Å². The zero-order chi connectivity index (χ0) is 20.1. The second kappa shape index (κ2) is 9.80. The Hall–Kier alpha value is -1.24. The fourth-order valence-corrected chi connectivity index (χ4v) is 3.80. The third-order valence-corrected chi connectivity index (χ3v) is 5.30. The van der Waals surface area contributed by atoms with Gasteiger partial charge in [-0.15, -0.1) is 13.2 Å². The van der Waals surface area contributed by atoms with Gasteiger partial charge < -0.3 is 23.7 Å². The van der Waals surface area contributed by atoms with Crippen molar-refractivity contribution >= 4 is 0 Å². The van der Waals surface area contributed by atoms with Crippen LogP contribution in [0.25, 0.3) is 0 Å². The summed E-state index contributed by atoms with van der Waals surface area (Å²) in [7, 11) is 3.32. The van der Waals surface area contributed by atoms with Crippen molar-refractivity contribution in [2.45, 2.75) is 64.7 Å². The van der Waals surface area contributed by atoms with E-state index in [1.54, 1.807) is 26.4 Å². The van der Waals surface area contributed by atoms with Crippen LogP contribution in [0, 0.1) is 11.8 Å². The molecule has 2 aliphatic heterocycles. The molecule has 0 amide bonds. The fourth-order valence-electron chi connectivity index (χ4n) is 3.80. The third-order valence-electron chi connectivity index (χ3n) is 5.30. The first kappa shape index (κ1) is 22.1. The molecule has 0 spiro atoms. The van der Waals surface area contributed by atoms with Gasteiger partial charge in [0.25, 0.3) is 0 Å². The van der Waals surface area contributed by atoms with Crippen LogP contribution in [0.2, 0.25) is 0 Å². The van der Waals surface area contributed by atoms with Crippen molar-refractivity contribution in [1.29, 1.82) is 0 Å². The largest absolute Gasteiger partial charge is 0.375 e. The number of hydrogen-bond acceptors (Lipinski definition) is 5. The van der Waals surface area contributed by atoms with E-state index >= 15 is 0 Å². The predicted molar refractivity (Wildman–Crippen MR) is 106 cm³/mol. The van der Waals surface area contributed by atoms with E-state index < -0.39 is 12.6 Å². The quantitative estimate of drug-likeness (QED) is 0.597. The lowest BCUT2D eigenvalue weighted by molar-refractivity contribution is -0.270. The molecule has 0 N–H and O–H groups in total. The van der Waals surface area contributed by atoms with Gasteiger partial charge in [0, 0.05) is 26.1 Å². The van der Waals surface area contributed by atoms with Gasteiger partial charge in [0.05, 0.1) is 12.2 Å². The first-order valence-corrected chi connectivity index (χ1v) is 9.49. The molecule has 0 aromatic rings. The van der Waals surface area contributed by atoms with Gasteiger partial charge >= 0.3 is 0 Å². The molecule has 0 radical (unpaired) electrons. The number of ether oxygens (including phenoxy) is 5. The van der Waals surface area contributed by atoms with E-state index in [9.17, 15) is 0 Å². The summed E-state index contributed by atoms with van der Waals surface area (Å²) in [6.07, 6.45) is 6.12. The van der Waals surface area contributed by atoms with Crippen LogP contribution in [0.1, 0.15) is 27.7 Å². The molecule has 0 bridgehead atoms. The smallest absolute Gasteiger partial charge is 0.183 e. The van der Waals surface area contributed by atoms with Crippen LogP contribution in [-0.2, 0) is 23.7 Å². The highest BCUT2D eigenvalue weighted by molar-refractivity contribution is 5.15. The molecule has 8 atom stereocenters. The fraction of sp³-hybridized carbons (Fsp3) is 0.636. The lowest BCUT2D eigenvalue weighted by Gasteiger charge is -2.40. The van der Waals surface area contributed by atoms with E-state index in [1.165, 1.54) is 0 Å². The van der Waals surface area contributed by atoms with E-state index in [0.717, 1.165) is 11.1 Å². The summed E-state index contributed by atoms with van der Waals surface area (Å²) in [6, 6.07) is 0. The topological polar surface area (TPSA) is 46.2 Å². The van der Waals surface area contributed by atoms with Crippen molar-refractivity contribution in [2.75, 3.05) is 14.2 Å². The third kappa shape index (κ3) is 4.98. The van der Waals surface area contributed by atoms with Crippen molar-refractivity contribution < 1.29 is 23.7 Å². The molecule has 2 rings (SSSR count). The minimum absolute atomic E-state index is 0.163. The minimum Gasteiger partial charge on any atom is -0.375 e. The number of hydrogen-bond donors (Lipinski definition) is 0. The van der Waals surface area contributed by atoms with Gasteiger partial charge in [0.1, 0.15) is 12.2 Å². The highest BCUT2D eigenvalue weighted by Crippen LogP contribution is 2.33. The van der Waals surface area contributed by atoms with Gasteiger partial charge in [-0.1, -0.05) is 38.2 Å². The van der Waals surface area contributed by atoms with Crippen LogP contribution in [0.15, 0.2) is 48.6 Å². The van der Waals surface area contributed by atoms with Crippen molar-refractivity contribution in [1.82, 2.24) is 0 Å². The lowest BCUT2D eigenvalue weighted by Crippen LogP contribution is -2.46. The molecule has 5 heteroatoms. The zero-order valence-corrected chi connectivity index (χ0v) is 17.4. The molecule has 5 nitrogen and oxygen atoms in total. The summed E-state index contributed by atoms with van der Waals surface area (Å²) in [6.45, 7) is 15.9. The molecule has 0 fully saturated rings. The maximum absolute atomic E-state index is 6.24. The Kier molecular flexibility index (Phi) is 8.01. The molecule has 27 heavy (non-hydrogen) atoms. The normalized spacial score (nSPS) is 36.4.